The zero-order valence-electron chi connectivity index (χ0n) is 20.3. The Morgan fingerprint density at radius 3 is 2.34 bits per heavy atom. The van der Waals surface area contributed by atoms with Crippen molar-refractivity contribution in [1.29, 1.82) is 0 Å². The average Bonchev–Trinajstić information content (AvgIpc) is 3.23. The van der Waals surface area contributed by atoms with Gasteiger partial charge in [0.05, 0.1) is 12.8 Å². The molecule has 0 bridgehead atoms. The standard InChI is InChI=1S/C28H21ClN4O3S2/c1-32-27(38-21-14-12-20(36-2)13-15-21)22(24(31-32)17-6-4-3-5-7-17)16-23-25(34)30-28(37)33(26(23)35)19-10-8-18(29)9-11-19/h3-16H,1-2H3,(H,30,34,37). The van der Waals surface area contributed by atoms with E-state index in [2.05, 4.69) is 5.32 Å². The first-order valence-electron chi connectivity index (χ1n) is 11.5. The highest BCUT2D eigenvalue weighted by Crippen LogP contribution is 2.38. The molecule has 0 radical (unpaired) electrons. The molecule has 7 nitrogen and oxygen atoms in total. The summed E-state index contributed by atoms with van der Waals surface area (Å²) in [5.41, 5.74) is 2.57. The number of methoxy groups -OCH3 is 1. The van der Waals surface area contributed by atoms with Crippen molar-refractivity contribution in [3.8, 4) is 17.0 Å². The summed E-state index contributed by atoms with van der Waals surface area (Å²) in [6, 6.07) is 23.9. The Morgan fingerprint density at radius 1 is 1.00 bits per heavy atom. The fourth-order valence-corrected chi connectivity index (χ4v) is 5.31. The van der Waals surface area contributed by atoms with Gasteiger partial charge in [-0.25, -0.2) is 0 Å². The number of hydrogen-bond donors (Lipinski definition) is 1. The summed E-state index contributed by atoms with van der Waals surface area (Å²) >= 11 is 12.8. The Kier molecular flexibility index (Phi) is 7.33. The van der Waals surface area contributed by atoms with Crippen LogP contribution >= 0.6 is 35.6 Å². The zero-order chi connectivity index (χ0) is 26.8. The lowest BCUT2D eigenvalue weighted by Gasteiger charge is -2.29. The molecule has 1 saturated heterocycles. The lowest BCUT2D eigenvalue weighted by atomic mass is 10.0. The molecule has 5 rings (SSSR count). The van der Waals surface area contributed by atoms with Gasteiger partial charge in [-0.2, -0.15) is 5.10 Å². The molecule has 10 heteroatoms. The number of aryl methyl sites for hydroxylation is 1. The van der Waals surface area contributed by atoms with Crippen molar-refractivity contribution in [3.05, 3.63) is 95.0 Å². The number of thiocarbonyl (C=S) groups is 1. The quantitative estimate of drug-likeness (QED) is 0.184. The van der Waals surface area contributed by atoms with Gasteiger partial charge < -0.3 is 4.74 Å². The van der Waals surface area contributed by atoms with Crippen LogP contribution in [0.4, 0.5) is 5.69 Å². The average molecular weight is 561 g/mol. The number of carbonyl (C=O) groups excluding carboxylic acids is 2. The van der Waals surface area contributed by atoms with E-state index in [1.807, 2.05) is 61.6 Å². The molecule has 0 unspecified atom stereocenters. The van der Waals surface area contributed by atoms with Gasteiger partial charge >= 0.3 is 0 Å². The number of amides is 2. The largest absolute Gasteiger partial charge is 0.497 e. The predicted octanol–water partition coefficient (Wildman–Crippen LogP) is 5.73. The van der Waals surface area contributed by atoms with Crippen LogP contribution in [0.5, 0.6) is 5.75 Å². The molecule has 2 heterocycles. The van der Waals surface area contributed by atoms with Gasteiger partial charge in [0, 0.05) is 28.1 Å². The number of ether oxygens (including phenoxy) is 1. The molecule has 1 aliphatic rings. The number of aromatic nitrogens is 2. The summed E-state index contributed by atoms with van der Waals surface area (Å²) in [4.78, 5) is 28.9. The van der Waals surface area contributed by atoms with E-state index in [0.717, 1.165) is 21.2 Å². The van der Waals surface area contributed by atoms with E-state index in [-0.39, 0.29) is 10.7 Å². The number of nitrogens with zero attached hydrogens (tertiary/aromatic N) is 3. The van der Waals surface area contributed by atoms with Gasteiger partial charge in [0.15, 0.2) is 5.11 Å². The van der Waals surface area contributed by atoms with E-state index >= 15 is 0 Å². The van der Waals surface area contributed by atoms with Crippen molar-refractivity contribution in [2.75, 3.05) is 12.0 Å². The van der Waals surface area contributed by atoms with Crippen molar-refractivity contribution in [2.24, 2.45) is 7.05 Å². The van der Waals surface area contributed by atoms with Crippen molar-refractivity contribution >= 4 is 64.3 Å². The third kappa shape index (κ3) is 5.08. The fraction of sp³-hybridized carbons (Fsp3) is 0.0714. The van der Waals surface area contributed by atoms with E-state index in [1.165, 1.54) is 16.7 Å². The second-order valence-electron chi connectivity index (χ2n) is 8.27. The lowest BCUT2D eigenvalue weighted by molar-refractivity contribution is -0.122. The minimum Gasteiger partial charge on any atom is -0.497 e. The molecule has 38 heavy (non-hydrogen) atoms. The molecule has 190 valence electrons. The van der Waals surface area contributed by atoms with Gasteiger partial charge in [0.25, 0.3) is 11.8 Å². The molecule has 3 aromatic carbocycles. The van der Waals surface area contributed by atoms with Crippen LogP contribution in [0.2, 0.25) is 5.02 Å². The van der Waals surface area contributed by atoms with Crippen molar-refractivity contribution in [2.45, 2.75) is 9.92 Å². The maximum atomic E-state index is 13.7. The smallest absolute Gasteiger partial charge is 0.270 e. The summed E-state index contributed by atoms with van der Waals surface area (Å²) in [6.07, 6.45) is 1.59. The molecule has 0 atom stereocenters. The van der Waals surface area contributed by atoms with Crippen molar-refractivity contribution < 1.29 is 14.3 Å². The summed E-state index contributed by atoms with van der Waals surface area (Å²) in [5, 5.41) is 8.68. The Labute approximate surface area is 234 Å². The highest BCUT2D eigenvalue weighted by molar-refractivity contribution is 7.99. The van der Waals surface area contributed by atoms with Gasteiger partial charge in [0.2, 0.25) is 0 Å². The SMILES string of the molecule is COc1ccc(Sc2c(C=C3C(=O)NC(=S)N(c4ccc(Cl)cc4)C3=O)c(-c3ccccc3)nn2C)cc1. The molecule has 0 aliphatic carbocycles. The lowest BCUT2D eigenvalue weighted by Crippen LogP contribution is -2.54. The summed E-state index contributed by atoms with van der Waals surface area (Å²) in [6.45, 7) is 0. The molecular weight excluding hydrogens is 540 g/mol. The maximum absolute atomic E-state index is 13.7. The molecule has 1 N–H and O–H groups in total. The monoisotopic (exact) mass is 560 g/mol. The minimum absolute atomic E-state index is 0.00164. The van der Waals surface area contributed by atoms with Crippen LogP contribution in [0, 0.1) is 0 Å². The zero-order valence-corrected chi connectivity index (χ0v) is 22.7. The summed E-state index contributed by atoms with van der Waals surface area (Å²) in [5.74, 6) is -0.368. The molecule has 1 fully saturated rings. The normalized spacial score (nSPS) is 14.7. The van der Waals surface area contributed by atoms with Gasteiger partial charge in [-0.3, -0.25) is 24.5 Å². The summed E-state index contributed by atoms with van der Waals surface area (Å²) in [7, 11) is 3.45. The Balaban J connectivity index is 1.63. The molecule has 0 saturated carbocycles. The predicted molar refractivity (Wildman–Crippen MR) is 153 cm³/mol. The summed E-state index contributed by atoms with van der Waals surface area (Å²) < 4.78 is 7.02. The van der Waals surface area contributed by atoms with E-state index in [4.69, 9.17) is 33.7 Å². The number of carbonyl (C=O) groups is 2. The molecule has 2 amide bonds. The van der Waals surface area contributed by atoms with Crippen LogP contribution in [0.1, 0.15) is 5.56 Å². The van der Waals surface area contributed by atoms with Crippen LogP contribution in [0.15, 0.2) is 94.4 Å². The first-order chi connectivity index (χ1) is 18.4. The number of hydrogen-bond acceptors (Lipinski definition) is 6. The third-order valence-corrected chi connectivity index (χ3v) is 7.55. The van der Waals surface area contributed by atoms with Crippen LogP contribution in [-0.4, -0.2) is 33.8 Å². The Bertz CT molecular complexity index is 1570. The fourth-order valence-electron chi connectivity index (χ4n) is 3.97. The van der Waals surface area contributed by atoms with Gasteiger partial charge in [-0.15, -0.1) is 0 Å². The number of halogens is 1. The van der Waals surface area contributed by atoms with Crippen molar-refractivity contribution in [3.63, 3.8) is 0 Å². The maximum Gasteiger partial charge on any atom is 0.270 e. The number of nitrogens with one attached hydrogen (secondary N) is 1. The van der Waals surface area contributed by atoms with Gasteiger partial charge in [-0.05, 0) is 66.8 Å². The van der Waals surface area contributed by atoms with Crippen LogP contribution in [0.25, 0.3) is 17.3 Å². The Hall–Kier alpha value is -3.92. The van der Waals surface area contributed by atoms with Crippen molar-refractivity contribution in [1.82, 2.24) is 15.1 Å². The highest BCUT2D eigenvalue weighted by Gasteiger charge is 2.35. The second-order valence-corrected chi connectivity index (χ2v) is 10.2. The number of benzene rings is 3. The van der Waals surface area contributed by atoms with Crippen LogP contribution in [-0.2, 0) is 16.6 Å². The third-order valence-electron chi connectivity index (χ3n) is 5.83. The molecule has 1 aromatic heterocycles. The number of anilines is 1. The van der Waals surface area contributed by atoms with E-state index in [9.17, 15) is 9.59 Å². The highest BCUT2D eigenvalue weighted by atomic mass is 35.5. The second kappa shape index (κ2) is 10.8. The van der Waals surface area contributed by atoms with E-state index in [0.29, 0.717) is 22.0 Å². The molecular formula is C28H21ClN4O3S2. The first-order valence-corrected chi connectivity index (χ1v) is 13.1. The Morgan fingerprint density at radius 2 is 1.68 bits per heavy atom. The van der Waals surface area contributed by atoms with Gasteiger partial charge in [0.1, 0.15) is 22.0 Å². The molecule has 4 aromatic rings. The molecule has 1 aliphatic heterocycles. The first kappa shape index (κ1) is 25.7. The van der Waals surface area contributed by atoms with Crippen LogP contribution < -0.4 is 15.0 Å². The topological polar surface area (TPSA) is 76.5 Å². The van der Waals surface area contributed by atoms with E-state index < -0.39 is 11.8 Å². The van der Waals surface area contributed by atoms with E-state index in [1.54, 1.807) is 42.1 Å². The van der Waals surface area contributed by atoms with Crippen LogP contribution in [0.3, 0.4) is 0 Å². The van der Waals surface area contributed by atoms with Gasteiger partial charge in [-0.1, -0.05) is 53.7 Å². The molecule has 0 spiro atoms. The minimum atomic E-state index is -0.575. The number of rotatable bonds is 6.